The van der Waals surface area contributed by atoms with Crippen molar-refractivity contribution in [1.29, 1.82) is 0 Å². The maximum Gasteiger partial charge on any atom is 0.241 e. The van der Waals surface area contributed by atoms with Crippen LogP contribution in [0.25, 0.3) is 0 Å². The molecule has 2 rings (SSSR count). The molecule has 0 aromatic heterocycles. The van der Waals surface area contributed by atoms with Crippen molar-refractivity contribution in [2.45, 2.75) is 11.4 Å². The third-order valence-corrected chi connectivity index (χ3v) is 4.50. The fourth-order valence-corrected chi connectivity index (χ4v) is 3.02. The second-order valence-corrected chi connectivity index (χ2v) is 6.75. The van der Waals surface area contributed by atoms with Crippen molar-refractivity contribution in [3.63, 3.8) is 0 Å². The highest BCUT2D eigenvalue weighted by Crippen LogP contribution is 2.14. The summed E-state index contributed by atoms with van der Waals surface area (Å²) in [6.45, 7) is 0.0141. The van der Waals surface area contributed by atoms with Crippen molar-refractivity contribution in [3.8, 4) is 0 Å². The monoisotopic (exact) mass is 338 g/mol. The molecule has 0 bridgehead atoms. The minimum absolute atomic E-state index is 0.0239. The van der Waals surface area contributed by atoms with E-state index in [9.17, 15) is 13.2 Å². The molecule has 22 heavy (non-hydrogen) atoms. The van der Waals surface area contributed by atoms with Gasteiger partial charge in [-0.3, -0.25) is 4.79 Å². The second kappa shape index (κ2) is 7.40. The predicted octanol–water partition coefficient (Wildman–Crippen LogP) is 1.93. The molecule has 2 N–H and O–H groups in total. The van der Waals surface area contributed by atoms with E-state index in [0.29, 0.717) is 11.6 Å². The van der Waals surface area contributed by atoms with Gasteiger partial charge in [-0.25, -0.2) is 13.1 Å². The van der Waals surface area contributed by atoms with Crippen molar-refractivity contribution in [2.75, 3.05) is 6.54 Å². The van der Waals surface area contributed by atoms with Gasteiger partial charge in [0, 0.05) is 11.6 Å². The van der Waals surface area contributed by atoms with Crippen LogP contribution in [0.5, 0.6) is 0 Å². The average molecular weight is 339 g/mol. The van der Waals surface area contributed by atoms with E-state index in [1.807, 2.05) is 30.3 Å². The van der Waals surface area contributed by atoms with Crippen molar-refractivity contribution in [2.24, 2.45) is 0 Å². The Kier molecular flexibility index (Phi) is 5.54. The summed E-state index contributed by atoms with van der Waals surface area (Å²) < 4.78 is 26.3. The van der Waals surface area contributed by atoms with Crippen LogP contribution in [0, 0.1) is 0 Å². The average Bonchev–Trinajstić information content (AvgIpc) is 2.52. The van der Waals surface area contributed by atoms with Crippen molar-refractivity contribution in [1.82, 2.24) is 10.0 Å². The Labute approximate surface area is 134 Å². The third kappa shape index (κ3) is 4.84. The second-order valence-electron chi connectivity index (χ2n) is 4.54. The van der Waals surface area contributed by atoms with Crippen LogP contribution in [0.4, 0.5) is 0 Å². The number of sulfonamides is 1. The molecule has 0 aliphatic rings. The summed E-state index contributed by atoms with van der Waals surface area (Å²) in [6.07, 6.45) is 0. The molecule has 5 nitrogen and oxygen atoms in total. The van der Waals surface area contributed by atoms with Gasteiger partial charge in [0.1, 0.15) is 0 Å². The van der Waals surface area contributed by atoms with Crippen molar-refractivity contribution >= 4 is 27.5 Å². The van der Waals surface area contributed by atoms with E-state index < -0.39 is 15.9 Å². The van der Waals surface area contributed by atoms with Crippen molar-refractivity contribution < 1.29 is 13.2 Å². The van der Waals surface area contributed by atoms with Crippen LogP contribution in [0.15, 0.2) is 59.5 Å². The molecular formula is C15H15ClN2O3S. The molecule has 0 atom stereocenters. The maximum absolute atomic E-state index is 12.0. The van der Waals surface area contributed by atoms with E-state index >= 15 is 0 Å². The van der Waals surface area contributed by atoms with Gasteiger partial charge in [0.15, 0.2) is 0 Å². The first-order valence-electron chi connectivity index (χ1n) is 6.53. The standard InChI is InChI=1S/C15H15ClN2O3S/c16-13-7-4-8-14(9-13)22(20,21)18-11-15(19)17-10-12-5-2-1-3-6-12/h1-9,18H,10-11H2,(H,17,19). The minimum atomic E-state index is -3.76. The summed E-state index contributed by atoms with van der Waals surface area (Å²) in [5.41, 5.74) is 0.938. The number of halogens is 1. The van der Waals surface area contributed by atoms with E-state index in [4.69, 9.17) is 11.6 Å². The normalized spacial score (nSPS) is 11.1. The van der Waals surface area contributed by atoms with Crippen LogP contribution in [0.1, 0.15) is 5.56 Å². The molecular weight excluding hydrogens is 324 g/mol. The lowest BCUT2D eigenvalue weighted by atomic mass is 10.2. The van der Waals surface area contributed by atoms with Crippen LogP contribution < -0.4 is 10.0 Å². The Balaban J connectivity index is 1.88. The summed E-state index contributed by atoms with van der Waals surface area (Å²) in [6, 6.07) is 15.2. The van der Waals surface area contributed by atoms with Crippen LogP contribution in [-0.2, 0) is 21.4 Å². The van der Waals surface area contributed by atoms with Gasteiger partial charge >= 0.3 is 0 Å². The molecule has 1 amide bonds. The lowest BCUT2D eigenvalue weighted by molar-refractivity contribution is -0.120. The van der Waals surface area contributed by atoms with E-state index in [0.717, 1.165) is 5.56 Å². The van der Waals surface area contributed by atoms with E-state index in [2.05, 4.69) is 10.0 Å². The van der Waals surface area contributed by atoms with Gasteiger partial charge in [-0.15, -0.1) is 0 Å². The zero-order valence-corrected chi connectivity index (χ0v) is 13.2. The number of amides is 1. The minimum Gasteiger partial charge on any atom is -0.351 e. The smallest absolute Gasteiger partial charge is 0.241 e. The Morgan fingerprint density at radius 2 is 1.77 bits per heavy atom. The zero-order chi connectivity index (χ0) is 16.0. The third-order valence-electron chi connectivity index (χ3n) is 2.86. The van der Waals surface area contributed by atoms with Gasteiger partial charge in [-0.1, -0.05) is 48.0 Å². The molecule has 0 radical (unpaired) electrons. The molecule has 0 fully saturated rings. The van der Waals surface area contributed by atoms with Crippen LogP contribution in [0.3, 0.4) is 0 Å². The SMILES string of the molecule is O=C(CNS(=O)(=O)c1cccc(Cl)c1)NCc1ccccc1. The van der Waals surface area contributed by atoms with Gasteiger partial charge in [-0.05, 0) is 23.8 Å². The largest absolute Gasteiger partial charge is 0.351 e. The summed E-state index contributed by atoms with van der Waals surface area (Å²) >= 11 is 5.76. The molecule has 7 heteroatoms. The molecule has 0 saturated heterocycles. The fraction of sp³-hybridized carbons (Fsp3) is 0.133. The Morgan fingerprint density at radius 1 is 1.05 bits per heavy atom. The summed E-state index contributed by atoms with van der Waals surface area (Å²) in [5.74, 6) is -0.408. The molecule has 0 saturated carbocycles. The number of nitrogens with one attached hydrogen (secondary N) is 2. The number of rotatable bonds is 6. The molecule has 0 aliphatic heterocycles. The summed E-state index contributed by atoms with van der Waals surface area (Å²) in [7, 11) is -3.76. The highest BCUT2D eigenvalue weighted by Gasteiger charge is 2.15. The van der Waals surface area contributed by atoms with E-state index in [-0.39, 0.29) is 11.4 Å². The van der Waals surface area contributed by atoms with Crippen LogP contribution in [0.2, 0.25) is 5.02 Å². The first kappa shape index (κ1) is 16.5. The van der Waals surface area contributed by atoms with Gasteiger partial charge in [0.25, 0.3) is 0 Å². The number of hydrogen-bond acceptors (Lipinski definition) is 3. The first-order valence-corrected chi connectivity index (χ1v) is 8.39. The first-order chi connectivity index (χ1) is 10.5. The lowest BCUT2D eigenvalue weighted by Crippen LogP contribution is -2.36. The molecule has 116 valence electrons. The van der Waals surface area contributed by atoms with Gasteiger partial charge in [0.2, 0.25) is 15.9 Å². The summed E-state index contributed by atoms with van der Waals surface area (Å²) in [5, 5.41) is 2.96. The van der Waals surface area contributed by atoms with Crippen molar-refractivity contribution in [3.05, 3.63) is 65.2 Å². The lowest BCUT2D eigenvalue weighted by Gasteiger charge is -2.08. The number of carbonyl (C=O) groups excluding carboxylic acids is 1. The predicted molar refractivity (Wildman–Crippen MR) is 84.9 cm³/mol. The van der Waals surface area contributed by atoms with E-state index in [1.165, 1.54) is 18.2 Å². The number of carbonyl (C=O) groups is 1. The Bertz CT molecular complexity index is 748. The highest BCUT2D eigenvalue weighted by molar-refractivity contribution is 7.89. The Hall–Kier alpha value is -1.89. The van der Waals surface area contributed by atoms with E-state index in [1.54, 1.807) is 6.07 Å². The van der Waals surface area contributed by atoms with Crippen LogP contribution in [-0.4, -0.2) is 20.9 Å². The molecule has 2 aromatic rings. The molecule has 2 aromatic carbocycles. The molecule has 0 heterocycles. The van der Waals surface area contributed by atoms with Gasteiger partial charge < -0.3 is 5.32 Å². The van der Waals surface area contributed by atoms with Crippen LogP contribution >= 0.6 is 11.6 Å². The maximum atomic E-state index is 12.0. The highest BCUT2D eigenvalue weighted by atomic mass is 35.5. The Morgan fingerprint density at radius 3 is 2.45 bits per heavy atom. The fourth-order valence-electron chi connectivity index (χ4n) is 1.74. The molecule has 0 aliphatic carbocycles. The van der Waals surface area contributed by atoms with Gasteiger partial charge in [-0.2, -0.15) is 0 Å². The molecule has 0 spiro atoms. The zero-order valence-electron chi connectivity index (χ0n) is 11.6. The quantitative estimate of drug-likeness (QED) is 0.845. The number of benzene rings is 2. The van der Waals surface area contributed by atoms with Gasteiger partial charge in [0.05, 0.1) is 11.4 Å². The number of hydrogen-bond donors (Lipinski definition) is 2. The molecule has 0 unspecified atom stereocenters. The summed E-state index contributed by atoms with van der Waals surface area (Å²) in [4.78, 5) is 11.7. The topological polar surface area (TPSA) is 75.3 Å².